The van der Waals surface area contributed by atoms with Crippen molar-refractivity contribution < 1.29 is 4.79 Å². The van der Waals surface area contributed by atoms with Gasteiger partial charge in [0, 0.05) is 57.7 Å². The highest BCUT2D eigenvalue weighted by molar-refractivity contribution is 7.99. The third-order valence-corrected chi connectivity index (χ3v) is 6.38. The summed E-state index contributed by atoms with van der Waals surface area (Å²) in [6.07, 6.45) is 0. The lowest BCUT2D eigenvalue weighted by atomic mass is 10.2. The van der Waals surface area contributed by atoms with Crippen LogP contribution in [-0.2, 0) is 18.4 Å². The van der Waals surface area contributed by atoms with Gasteiger partial charge in [-0.25, -0.2) is 0 Å². The molecular formula is C24H32N6OS. The van der Waals surface area contributed by atoms with Crippen molar-refractivity contribution in [2.45, 2.75) is 25.5 Å². The number of rotatable bonds is 10. The highest BCUT2D eigenvalue weighted by Gasteiger charge is 2.13. The fourth-order valence-electron chi connectivity index (χ4n) is 3.40. The van der Waals surface area contributed by atoms with Crippen LogP contribution in [0.1, 0.15) is 19.4 Å². The molecule has 0 bridgehead atoms. The van der Waals surface area contributed by atoms with Crippen LogP contribution in [-0.4, -0.2) is 53.6 Å². The van der Waals surface area contributed by atoms with Gasteiger partial charge in [-0.05, 0) is 55.8 Å². The molecule has 0 saturated heterocycles. The van der Waals surface area contributed by atoms with Gasteiger partial charge >= 0.3 is 0 Å². The number of anilines is 2. The molecule has 170 valence electrons. The zero-order valence-corrected chi connectivity index (χ0v) is 20.3. The normalized spacial score (nSPS) is 10.8. The molecule has 1 N–H and O–H groups in total. The maximum absolute atomic E-state index is 12.3. The third kappa shape index (κ3) is 5.82. The SMILES string of the molecule is CCN(CC)c1ccc(-c2nnc(SCC(=O)NCc3ccc(N(C)C)cc3)n2C)cc1. The molecule has 3 aromatic rings. The van der Waals surface area contributed by atoms with Gasteiger partial charge in [-0.3, -0.25) is 4.79 Å². The van der Waals surface area contributed by atoms with E-state index in [-0.39, 0.29) is 5.91 Å². The summed E-state index contributed by atoms with van der Waals surface area (Å²) in [6.45, 7) is 6.77. The van der Waals surface area contributed by atoms with E-state index in [0.29, 0.717) is 12.3 Å². The first kappa shape index (κ1) is 23.7. The lowest BCUT2D eigenvalue weighted by Gasteiger charge is -2.21. The van der Waals surface area contributed by atoms with E-state index in [9.17, 15) is 4.79 Å². The average Bonchev–Trinajstić information content (AvgIpc) is 3.18. The Balaban J connectivity index is 1.54. The highest BCUT2D eigenvalue weighted by Crippen LogP contribution is 2.25. The molecule has 8 heteroatoms. The molecule has 0 unspecified atom stereocenters. The van der Waals surface area contributed by atoms with Gasteiger partial charge in [0.2, 0.25) is 5.91 Å². The zero-order valence-electron chi connectivity index (χ0n) is 19.5. The van der Waals surface area contributed by atoms with Crippen molar-refractivity contribution in [2.75, 3.05) is 42.7 Å². The number of carbonyl (C=O) groups excluding carboxylic acids is 1. The molecule has 0 fully saturated rings. The van der Waals surface area contributed by atoms with E-state index in [1.54, 1.807) is 0 Å². The summed E-state index contributed by atoms with van der Waals surface area (Å²) in [6, 6.07) is 16.5. The maximum Gasteiger partial charge on any atom is 0.230 e. The average molecular weight is 453 g/mol. The Morgan fingerprint density at radius 3 is 2.19 bits per heavy atom. The van der Waals surface area contributed by atoms with Gasteiger partial charge in [0.05, 0.1) is 5.75 Å². The number of benzene rings is 2. The van der Waals surface area contributed by atoms with Crippen molar-refractivity contribution in [1.82, 2.24) is 20.1 Å². The Kier molecular flexibility index (Phi) is 8.16. The molecule has 7 nitrogen and oxygen atoms in total. The van der Waals surface area contributed by atoms with Crippen molar-refractivity contribution >= 4 is 29.0 Å². The lowest BCUT2D eigenvalue weighted by molar-refractivity contribution is -0.118. The number of amides is 1. The van der Waals surface area contributed by atoms with E-state index < -0.39 is 0 Å². The van der Waals surface area contributed by atoms with Gasteiger partial charge in [0.1, 0.15) is 0 Å². The molecule has 0 atom stereocenters. The molecule has 0 aliphatic carbocycles. The van der Waals surface area contributed by atoms with Gasteiger partial charge in [0.25, 0.3) is 0 Å². The van der Waals surface area contributed by atoms with Gasteiger partial charge in [-0.1, -0.05) is 23.9 Å². The van der Waals surface area contributed by atoms with Crippen LogP contribution in [0.4, 0.5) is 11.4 Å². The van der Waals surface area contributed by atoms with Crippen molar-refractivity contribution in [1.29, 1.82) is 0 Å². The fraction of sp³-hybridized carbons (Fsp3) is 0.375. The summed E-state index contributed by atoms with van der Waals surface area (Å²) in [7, 11) is 5.95. The molecule has 0 aliphatic heterocycles. The Hall–Kier alpha value is -3.00. The summed E-state index contributed by atoms with van der Waals surface area (Å²) < 4.78 is 1.93. The number of thioether (sulfide) groups is 1. The molecule has 1 heterocycles. The van der Waals surface area contributed by atoms with E-state index in [4.69, 9.17) is 0 Å². The number of nitrogens with one attached hydrogen (secondary N) is 1. The maximum atomic E-state index is 12.3. The van der Waals surface area contributed by atoms with E-state index in [0.717, 1.165) is 40.9 Å². The minimum absolute atomic E-state index is 0.0280. The van der Waals surface area contributed by atoms with Crippen molar-refractivity contribution in [3.8, 4) is 11.4 Å². The molecule has 0 spiro atoms. The molecule has 0 aliphatic rings. The minimum Gasteiger partial charge on any atom is -0.378 e. The first-order valence-electron chi connectivity index (χ1n) is 10.8. The predicted molar refractivity (Wildman–Crippen MR) is 133 cm³/mol. The lowest BCUT2D eigenvalue weighted by Crippen LogP contribution is -2.24. The molecular weight excluding hydrogens is 420 g/mol. The second-order valence-corrected chi connectivity index (χ2v) is 8.65. The molecule has 2 aromatic carbocycles. The van der Waals surface area contributed by atoms with Gasteiger partial charge in [-0.15, -0.1) is 10.2 Å². The van der Waals surface area contributed by atoms with Crippen LogP contribution in [0.5, 0.6) is 0 Å². The fourth-order valence-corrected chi connectivity index (χ4v) is 4.14. The number of hydrogen-bond acceptors (Lipinski definition) is 6. The van der Waals surface area contributed by atoms with Crippen LogP contribution < -0.4 is 15.1 Å². The van der Waals surface area contributed by atoms with Crippen LogP contribution in [0, 0.1) is 0 Å². The molecule has 1 aromatic heterocycles. The summed E-state index contributed by atoms with van der Waals surface area (Å²) in [5.74, 6) is 1.06. The Bertz CT molecular complexity index is 1010. The predicted octanol–water partition coefficient (Wildman–Crippen LogP) is 3.80. The van der Waals surface area contributed by atoms with Crippen molar-refractivity contribution in [3.05, 3.63) is 54.1 Å². The number of carbonyl (C=O) groups is 1. The smallest absolute Gasteiger partial charge is 0.230 e. The molecule has 3 rings (SSSR count). The van der Waals surface area contributed by atoms with Gasteiger partial charge < -0.3 is 19.7 Å². The third-order valence-electron chi connectivity index (χ3n) is 5.36. The number of nitrogens with zero attached hydrogens (tertiary/aromatic N) is 5. The first-order chi connectivity index (χ1) is 15.4. The van der Waals surface area contributed by atoms with Crippen LogP contribution in [0.2, 0.25) is 0 Å². The van der Waals surface area contributed by atoms with Crippen LogP contribution >= 0.6 is 11.8 Å². The van der Waals surface area contributed by atoms with Crippen molar-refractivity contribution in [3.63, 3.8) is 0 Å². The van der Waals surface area contributed by atoms with Gasteiger partial charge in [0.15, 0.2) is 11.0 Å². The van der Waals surface area contributed by atoms with E-state index in [1.807, 2.05) is 54.9 Å². The van der Waals surface area contributed by atoms with Crippen LogP contribution in [0.3, 0.4) is 0 Å². The first-order valence-corrected chi connectivity index (χ1v) is 11.8. The second kappa shape index (κ2) is 11.0. The monoisotopic (exact) mass is 452 g/mol. The Morgan fingerprint density at radius 1 is 0.969 bits per heavy atom. The highest BCUT2D eigenvalue weighted by atomic mass is 32.2. The summed E-state index contributed by atoms with van der Waals surface area (Å²) in [4.78, 5) is 16.7. The molecule has 0 saturated carbocycles. The zero-order chi connectivity index (χ0) is 23.1. The summed E-state index contributed by atoms with van der Waals surface area (Å²) in [5, 5.41) is 12.3. The minimum atomic E-state index is -0.0280. The standard InChI is InChI=1S/C24H32N6OS/c1-6-30(7-2)21-14-10-19(11-15-21)23-26-27-24(29(23)5)32-17-22(31)25-16-18-8-12-20(13-9-18)28(3)4/h8-15H,6-7,16-17H2,1-5H3,(H,25,31). The van der Waals surface area contributed by atoms with Gasteiger partial charge in [-0.2, -0.15) is 0 Å². The van der Waals surface area contributed by atoms with E-state index in [2.05, 4.69) is 58.5 Å². The molecule has 0 radical (unpaired) electrons. The quantitative estimate of drug-likeness (QED) is 0.472. The molecule has 32 heavy (non-hydrogen) atoms. The summed E-state index contributed by atoms with van der Waals surface area (Å²) >= 11 is 1.39. The Labute approximate surface area is 194 Å². The molecule has 1 amide bonds. The topological polar surface area (TPSA) is 66.3 Å². The van der Waals surface area contributed by atoms with Crippen molar-refractivity contribution in [2.24, 2.45) is 7.05 Å². The number of hydrogen-bond donors (Lipinski definition) is 1. The second-order valence-electron chi connectivity index (χ2n) is 7.71. The van der Waals surface area contributed by atoms with E-state index in [1.165, 1.54) is 17.4 Å². The summed E-state index contributed by atoms with van der Waals surface area (Å²) in [5.41, 5.74) is 4.41. The largest absolute Gasteiger partial charge is 0.378 e. The van der Waals surface area contributed by atoms with Crippen LogP contribution in [0.15, 0.2) is 53.7 Å². The van der Waals surface area contributed by atoms with Crippen LogP contribution in [0.25, 0.3) is 11.4 Å². The number of aromatic nitrogens is 3. The Morgan fingerprint density at radius 2 is 1.59 bits per heavy atom. The van der Waals surface area contributed by atoms with E-state index >= 15 is 0 Å².